The van der Waals surface area contributed by atoms with Crippen molar-refractivity contribution in [3.63, 3.8) is 0 Å². The minimum Gasteiger partial charge on any atom is -0.289 e. The van der Waals surface area contributed by atoms with E-state index in [0.29, 0.717) is 31.5 Å². The minimum absolute atomic E-state index is 0.127. The minimum atomic E-state index is 0.127. The van der Waals surface area contributed by atoms with E-state index < -0.39 is 0 Å². The van der Waals surface area contributed by atoms with Crippen LogP contribution in [0.2, 0.25) is 0 Å². The van der Waals surface area contributed by atoms with Gasteiger partial charge in [0.25, 0.3) is 0 Å². The zero-order chi connectivity index (χ0) is 25.7. The molecule has 3 aromatic rings. The second-order valence-electron chi connectivity index (χ2n) is 10.4. The number of carbonyl (C=O) groups excluding carboxylic acids is 1. The molecule has 0 spiro atoms. The third-order valence-electron chi connectivity index (χ3n) is 6.68. The quantitative estimate of drug-likeness (QED) is 0.345. The van der Waals surface area contributed by atoms with Gasteiger partial charge in [0.2, 0.25) is 0 Å². The van der Waals surface area contributed by atoms with Crippen LogP contribution >= 0.6 is 0 Å². The smallest absolute Gasteiger partial charge is 0.187 e. The number of aryl methyl sites for hydroxylation is 1. The van der Waals surface area contributed by atoms with Gasteiger partial charge in [-0.2, -0.15) is 0 Å². The van der Waals surface area contributed by atoms with Crippen molar-refractivity contribution in [2.75, 3.05) is 13.1 Å². The van der Waals surface area contributed by atoms with E-state index in [9.17, 15) is 4.79 Å². The van der Waals surface area contributed by atoms with Crippen molar-refractivity contribution in [2.45, 2.75) is 66.0 Å². The Bertz CT molecular complexity index is 1160. The highest BCUT2D eigenvalue weighted by atomic mass is 16.1. The molecule has 2 heterocycles. The van der Waals surface area contributed by atoms with Crippen LogP contribution in [-0.2, 0) is 17.9 Å². The van der Waals surface area contributed by atoms with Gasteiger partial charge in [-0.25, -0.2) is 0 Å². The van der Waals surface area contributed by atoms with Crippen molar-refractivity contribution >= 4 is 17.9 Å². The van der Waals surface area contributed by atoms with Crippen LogP contribution in [0.15, 0.2) is 65.9 Å². The van der Waals surface area contributed by atoms with Crippen LogP contribution in [0.4, 0.5) is 0 Å². The Morgan fingerprint density at radius 3 is 1.78 bits per heavy atom. The Balaban J connectivity index is 1.63. The van der Waals surface area contributed by atoms with E-state index in [1.165, 1.54) is 11.1 Å². The highest BCUT2D eigenvalue weighted by Gasteiger charge is 2.27. The second kappa shape index (κ2) is 11.6. The number of aromatic nitrogens is 3. The maximum Gasteiger partial charge on any atom is 0.187 e. The van der Waals surface area contributed by atoms with Crippen molar-refractivity contribution in [3.8, 4) is 0 Å². The molecule has 0 N–H and O–H groups in total. The lowest BCUT2D eigenvalue weighted by molar-refractivity contribution is -0.113. The highest BCUT2D eigenvalue weighted by molar-refractivity contribution is 6.14. The summed E-state index contributed by atoms with van der Waals surface area (Å²) in [6.45, 7) is 13.6. The molecule has 0 saturated carbocycles. The Hall–Kier alpha value is -3.31. The van der Waals surface area contributed by atoms with Gasteiger partial charge < -0.3 is 0 Å². The normalized spacial score (nSPS) is 17.1. The molecule has 0 radical (unpaired) electrons. The monoisotopic (exact) mass is 482 g/mol. The SMILES string of the molecule is CCCn1cc(CN2C/C(=C/c3ccc(C(C)C)cc3)C(=O)/C(=C/c3ccc(C(C)C)cc3)C2)nn1. The summed E-state index contributed by atoms with van der Waals surface area (Å²) >= 11 is 0. The molecule has 0 atom stereocenters. The molecule has 1 fully saturated rings. The van der Waals surface area contributed by atoms with Gasteiger partial charge >= 0.3 is 0 Å². The van der Waals surface area contributed by atoms with E-state index in [4.69, 9.17) is 0 Å². The molecule has 1 aliphatic heterocycles. The Kier molecular flexibility index (Phi) is 8.32. The first-order chi connectivity index (χ1) is 17.3. The average molecular weight is 483 g/mol. The van der Waals surface area contributed by atoms with Crippen LogP contribution in [0, 0.1) is 0 Å². The Morgan fingerprint density at radius 1 is 0.833 bits per heavy atom. The van der Waals surface area contributed by atoms with Gasteiger partial charge in [0, 0.05) is 43.5 Å². The first kappa shape index (κ1) is 25.8. The Labute approximate surface area is 215 Å². The molecule has 5 heteroatoms. The van der Waals surface area contributed by atoms with E-state index in [-0.39, 0.29) is 5.78 Å². The van der Waals surface area contributed by atoms with E-state index in [1.54, 1.807) is 0 Å². The summed E-state index contributed by atoms with van der Waals surface area (Å²) in [5.74, 6) is 1.09. The van der Waals surface area contributed by atoms with Crippen LogP contribution in [0.25, 0.3) is 12.2 Å². The zero-order valence-electron chi connectivity index (χ0n) is 22.2. The molecular weight excluding hydrogens is 444 g/mol. The first-order valence-corrected chi connectivity index (χ1v) is 13.1. The summed E-state index contributed by atoms with van der Waals surface area (Å²) in [6.07, 6.45) is 7.12. The Morgan fingerprint density at radius 2 is 1.33 bits per heavy atom. The van der Waals surface area contributed by atoms with Gasteiger partial charge in [0.15, 0.2) is 5.78 Å². The fourth-order valence-electron chi connectivity index (χ4n) is 4.56. The van der Waals surface area contributed by atoms with E-state index in [1.807, 2.05) is 23.0 Å². The number of nitrogens with zero attached hydrogens (tertiary/aromatic N) is 4. The first-order valence-electron chi connectivity index (χ1n) is 13.1. The predicted molar refractivity (Wildman–Crippen MR) is 148 cm³/mol. The fraction of sp³-hybridized carbons (Fsp3) is 0.387. The molecule has 36 heavy (non-hydrogen) atoms. The number of rotatable bonds is 8. The largest absolute Gasteiger partial charge is 0.289 e. The van der Waals surface area contributed by atoms with Gasteiger partial charge in [-0.15, -0.1) is 5.10 Å². The van der Waals surface area contributed by atoms with E-state index in [2.05, 4.69) is 98.4 Å². The third kappa shape index (κ3) is 6.46. The molecule has 1 aromatic heterocycles. The summed E-state index contributed by atoms with van der Waals surface area (Å²) in [4.78, 5) is 15.9. The fourth-order valence-corrected chi connectivity index (χ4v) is 4.56. The van der Waals surface area contributed by atoms with Crippen molar-refractivity contribution < 1.29 is 4.79 Å². The molecule has 0 bridgehead atoms. The van der Waals surface area contributed by atoms with Crippen LogP contribution in [0.5, 0.6) is 0 Å². The van der Waals surface area contributed by atoms with Gasteiger partial charge in [0.1, 0.15) is 0 Å². The molecule has 0 amide bonds. The number of Topliss-reactive ketones (excluding diaryl/α,β-unsaturated/α-hetero) is 1. The molecule has 1 aliphatic rings. The van der Waals surface area contributed by atoms with Crippen molar-refractivity contribution in [1.29, 1.82) is 0 Å². The van der Waals surface area contributed by atoms with Crippen LogP contribution in [0.3, 0.4) is 0 Å². The summed E-state index contributed by atoms with van der Waals surface area (Å²) in [5, 5.41) is 8.61. The van der Waals surface area contributed by atoms with Gasteiger partial charge in [-0.1, -0.05) is 88.4 Å². The number of hydrogen-bond acceptors (Lipinski definition) is 4. The lowest BCUT2D eigenvalue weighted by atomic mass is 9.93. The summed E-state index contributed by atoms with van der Waals surface area (Å²) < 4.78 is 1.89. The number of hydrogen-bond donors (Lipinski definition) is 0. The summed E-state index contributed by atoms with van der Waals surface area (Å²) in [6, 6.07) is 17.1. The summed E-state index contributed by atoms with van der Waals surface area (Å²) in [5.41, 5.74) is 7.26. The molecule has 0 aliphatic carbocycles. The zero-order valence-corrected chi connectivity index (χ0v) is 22.2. The highest BCUT2D eigenvalue weighted by Crippen LogP contribution is 2.25. The third-order valence-corrected chi connectivity index (χ3v) is 6.68. The molecular formula is C31H38N4O. The van der Waals surface area contributed by atoms with Gasteiger partial charge in [-0.05, 0) is 52.7 Å². The standard InChI is InChI=1S/C31H38N4O/c1-6-15-35-21-30(32-33-35)20-34-18-28(16-24-7-11-26(12-8-24)22(2)3)31(36)29(19-34)17-25-9-13-27(14-10-25)23(4)5/h7-14,16-17,21-23H,6,15,18-20H2,1-5H3/b28-16-,29-17+. The van der Waals surface area contributed by atoms with Crippen molar-refractivity contribution in [1.82, 2.24) is 19.9 Å². The molecule has 188 valence electrons. The van der Waals surface area contributed by atoms with Crippen LogP contribution in [0.1, 0.15) is 80.8 Å². The van der Waals surface area contributed by atoms with E-state index >= 15 is 0 Å². The lowest BCUT2D eigenvalue weighted by Crippen LogP contribution is -2.37. The van der Waals surface area contributed by atoms with Gasteiger partial charge in [0.05, 0.1) is 5.69 Å². The van der Waals surface area contributed by atoms with Gasteiger partial charge in [-0.3, -0.25) is 14.4 Å². The molecule has 1 saturated heterocycles. The van der Waals surface area contributed by atoms with E-state index in [0.717, 1.165) is 40.9 Å². The average Bonchev–Trinajstić information content (AvgIpc) is 3.29. The van der Waals surface area contributed by atoms with Crippen LogP contribution < -0.4 is 0 Å². The number of carbonyl (C=O) groups is 1. The number of likely N-dealkylation sites (tertiary alicyclic amines) is 1. The number of benzene rings is 2. The molecule has 0 unspecified atom stereocenters. The van der Waals surface area contributed by atoms with Crippen molar-refractivity contribution in [3.05, 3.63) is 93.8 Å². The lowest BCUT2D eigenvalue weighted by Gasteiger charge is -2.29. The maximum atomic E-state index is 13.6. The molecule has 4 rings (SSSR count). The van der Waals surface area contributed by atoms with Crippen LogP contribution in [-0.4, -0.2) is 38.8 Å². The van der Waals surface area contributed by atoms with Crippen molar-refractivity contribution in [2.24, 2.45) is 0 Å². The number of piperidine rings is 1. The second-order valence-corrected chi connectivity index (χ2v) is 10.4. The molecule has 2 aromatic carbocycles. The maximum absolute atomic E-state index is 13.6. The topological polar surface area (TPSA) is 51.0 Å². The molecule has 5 nitrogen and oxygen atoms in total. The summed E-state index contributed by atoms with van der Waals surface area (Å²) in [7, 11) is 0. The predicted octanol–water partition coefficient (Wildman–Crippen LogP) is 6.49. The number of ketones is 1.